The van der Waals surface area contributed by atoms with Gasteiger partial charge in [-0.3, -0.25) is 14.6 Å². The van der Waals surface area contributed by atoms with Crippen LogP contribution >= 0.6 is 0 Å². The summed E-state index contributed by atoms with van der Waals surface area (Å²) >= 11 is 0. The van der Waals surface area contributed by atoms with Gasteiger partial charge in [0.2, 0.25) is 5.91 Å². The highest BCUT2D eigenvalue weighted by Gasteiger charge is 2.32. The maximum absolute atomic E-state index is 12.6. The van der Waals surface area contributed by atoms with Crippen LogP contribution in [-0.2, 0) is 15.8 Å². The SMILES string of the molecule is CN(C)CCN=CC1=C(O)CC(C(=O)Nc2ccc(C(F)(F)F)cc2)CC1=O. The molecule has 0 bridgehead atoms. The fraction of sp³-hybridized carbons (Fsp3) is 0.421. The third-order valence-electron chi connectivity index (χ3n) is 4.23. The number of aliphatic hydroxyl groups excluding tert-OH is 1. The van der Waals surface area contributed by atoms with Gasteiger partial charge in [-0.25, -0.2) is 0 Å². The number of amides is 1. The molecule has 28 heavy (non-hydrogen) atoms. The van der Waals surface area contributed by atoms with Gasteiger partial charge in [0.1, 0.15) is 5.76 Å². The number of aliphatic hydroxyl groups is 1. The zero-order valence-corrected chi connectivity index (χ0v) is 15.6. The molecular formula is C19H22F3N3O3. The molecule has 2 rings (SSSR count). The molecule has 1 unspecified atom stereocenters. The first-order valence-electron chi connectivity index (χ1n) is 8.66. The Hall–Kier alpha value is -2.68. The number of halogens is 3. The summed E-state index contributed by atoms with van der Waals surface area (Å²) < 4.78 is 37.7. The lowest BCUT2D eigenvalue weighted by atomic mass is 9.87. The predicted octanol–water partition coefficient (Wildman–Crippen LogP) is 3.07. The number of likely N-dealkylation sites (N-methyl/N-ethyl adjacent to an activating group) is 1. The molecule has 0 spiro atoms. The van der Waals surface area contributed by atoms with Crippen molar-refractivity contribution in [2.75, 3.05) is 32.5 Å². The van der Waals surface area contributed by atoms with Crippen molar-refractivity contribution in [3.8, 4) is 0 Å². The van der Waals surface area contributed by atoms with Crippen LogP contribution in [0.3, 0.4) is 0 Å². The molecule has 0 aromatic heterocycles. The summed E-state index contributed by atoms with van der Waals surface area (Å²) in [6.45, 7) is 1.16. The lowest BCUT2D eigenvalue weighted by Gasteiger charge is -2.21. The number of ketones is 1. The van der Waals surface area contributed by atoms with E-state index in [1.807, 2.05) is 19.0 Å². The molecular weight excluding hydrogens is 375 g/mol. The molecule has 9 heteroatoms. The second-order valence-electron chi connectivity index (χ2n) is 6.79. The van der Waals surface area contributed by atoms with E-state index in [4.69, 9.17) is 0 Å². The van der Waals surface area contributed by atoms with Gasteiger partial charge >= 0.3 is 6.18 Å². The molecule has 1 aliphatic rings. The summed E-state index contributed by atoms with van der Waals surface area (Å²) in [7, 11) is 3.77. The quantitative estimate of drug-likeness (QED) is 0.723. The number of allylic oxidation sites excluding steroid dienone is 2. The Morgan fingerprint density at radius 2 is 1.93 bits per heavy atom. The van der Waals surface area contributed by atoms with Crippen molar-refractivity contribution in [3.63, 3.8) is 0 Å². The minimum Gasteiger partial charge on any atom is -0.511 e. The Labute approximate surface area is 160 Å². The number of carbonyl (C=O) groups is 2. The number of carbonyl (C=O) groups excluding carboxylic acids is 2. The number of nitrogens with zero attached hydrogens (tertiary/aromatic N) is 2. The number of hydrogen-bond donors (Lipinski definition) is 2. The van der Waals surface area contributed by atoms with E-state index in [2.05, 4.69) is 10.3 Å². The average molecular weight is 397 g/mol. The van der Waals surface area contributed by atoms with E-state index in [1.165, 1.54) is 6.21 Å². The Bertz CT molecular complexity index is 784. The third-order valence-corrected chi connectivity index (χ3v) is 4.23. The normalized spacial score (nSPS) is 18.2. The van der Waals surface area contributed by atoms with Crippen LogP contribution in [0.2, 0.25) is 0 Å². The molecule has 0 saturated heterocycles. The van der Waals surface area contributed by atoms with Crippen LogP contribution < -0.4 is 5.32 Å². The first-order valence-corrected chi connectivity index (χ1v) is 8.66. The lowest BCUT2D eigenvalue weighted by molar-refractivity contribution is -0.137. The Morgan fingerprint density at radius 1 is 1.29 bits per heavy atom. The lowest BCUT2D eigenvalue weighted by Crippen LogP contribution is -2.30. The summed E-state index contributed by atoms with van der Waals surface area (Å²) in [6.07, 6.45) is -3.27. The summed E-state index contributed by atoms with van der Waals surface area (Å²) in [6, 6.07) is 4.01. The van der Waals surface area contributed by atoms with E-state index in [9.17, 15) is 27.9 Å². The molecule has 152 valence electrons. The van der Waals surface area contributed by atoms with E-state index in [0.717, 1.165) is 24.3 Å². The van der Waals surface area contributed by atoms with E-state index < -0.39 is 29.3 Å². The summed E-state index contributed by atoms with van der Waals surface area (Å²) in [5, 5.41) is 12.6. The van der Waals surface area contributed by atoms with Crippen LogP contribution in [0, 0.1) is 5.92 Å². The molecule has 2 N–H and O–H groups in total. The molecule has 0 fully saturated rings. The first-order chi connectivity index (χ1) is 13.1. The predicted molar refractivity (Wildman–Crippen MR) is 99.4 cm³/mol. The highest BCUT2D eigenvalue weighted by atomic mass is 19.4. The van der Waals surface area contributed by atoms with E-state index in [0.29, 0.717) is 13.1 Å². The van der Waals surface area contributed by atoms with Crippen molar-refractivity contribution >= 4 is 23.6 Å². The van der Waals surface area contributed by atoms with Gasteiger partial charge in [-0.2, -0.15) is 13.2 Å². The molecule has 1 aliphatic carbocycles. The number of nitrogens with one attached hydrogen (secondary N) is 1. The van der Waals surface area contributed by atoms with Crippen LogP contribution in [0.15, 0.2) is 40.6 Å². The number of aliphatic imine (C=N–C) groups is 1. The maximum atomic E-state index is 12.6. The third kappa shape index (κ3) is 5.91. The van der Waals surface area contributed by atoms with Crippen LogP contribution in [0.4, 0.5) is 18.9 Å². The van der Waals surface area contributed by atoms with E-state index >= 15 is 0 Å². The highest BCUT2D eigenvalue weighted by molar-refractivity contribution is 6.15. The topological polar surface area (TPSA) is 82.0 Å². The van der Waals surface area contributed by atoms with Gasteiger partial charge in [-0.15, -0.1) is 0 Å². The fourth-order valence-electron chi connectivity index (χ4n) is 2.64. The van der Waals surface area contributed by atoms with Gasteiger partial charge in [0, 0.05) is 31.3 Å². The molecule has 0 heterocycles. The molecule has 1 aromatic rings. The molecule has 6 nitrogen and oxygen atoms in total. The van der Waals surface area contributed by atoms with Crippen LogP contribution in [-0.4, -0.2) is 55.1 Å². The number of benzene rings is 1. The zero-order chi connectivity index (χ0) is 20.9. The van der Waals surface area contributed by atoms with Crippen LogP contribution in [0.5, 0.6) is 0 Å². The van der Waals surface area contributed by atoms with Crippen LogP contribution in [0.1, 0.15) is 18.4 Å². The molecule has 0 saturated carbocycles. The van der Waals surface area contributed by atoms with E-state index in [-0.39, 0.29) is 29.9 Å². The monoisotopic (exact) mass is 397 g/mol. The standard InChI is InChI=1S/C19H22F3N3O3/c1-25(2)8-7-23-11-15-16(26)9-12(10-17(15)27)18(28)24-14-5-3-13(4-6-14)19(20,21)22/h3-6,11-12,26H,7-10H2,1-2H3,(H,24,28). The van der Waals surface area contributed by atoms with Gasteiger partial charge in [-0.05, 0) is 38.4 Å². The number of hydrogen-bond acceptors (Lipinski definition) is 5. The van der Waals surface area contributed by atoms with Gasteiger partial charge < -0.3 is 15.3 Å². The Kier molecular flexibility index (Phi) is 6.95. The van der Waals surface area contributed by atoms with Gasteiger partial charge in [0.05, 0.1) is 23.6 Å². The minimum atomic E-state index is -4.46. The summed E-state index contributed by atoms with van der Waals surface area (Å²) in [5.41, 5.74) is -0.542. The van der Waals surface area contributed by atoms with Gasteiger partial charge in [0.25, 0.3) is 0 Å². The number of anilines is 1. The van der Waals surface area contributed by atoms with Gasteiger partial charge in [-0.1, -0.05) is 0 Å². The second kappa shape index (κ2) is 9.01. The average Bonchev–Trinajstić information content (AvgIpc) is 2.59. The Balaban J connectivity index is 1.99. The van der Waals surface area contributed by atoms with Crippen molar-refractivity contribution in [2.45, 2.75) is 19.0 Å². The smallest absolute Gasteiger partial charge is 0.416 e. The summed E-state index contributed by atoms with van der Waals surface area (Å²) in [4.78, 5) is 30.6. The first kappa shape index (κ1) is 21.6. The largest absolute Gasteiger partial charge is 0.511 e. The van der Waals surface area contributed by atoms with Crippen molar-refractivity contribution in [1.29, 1.82) is 0 Å². The van der Waals surface area contributed by atoms with Crippen LogP contribution in [0.25, 0.3) is 0 Å². The van der Waals surface area contributed by atoms with Crippen molar-refractivity contribution < 1.29 is 27.9 Å². The molecule has 1 aromatic carbocycles. The fourth-order valence-corrected chi connectivity index (χ4v) is 2.64. The maximum Gasteiger partial charge on any atom is 0.416 e. The second-order valence-corrected chi connectivity index (χ2v) is 6.79. The molecule has 1 atom stereocenters. The summed E-state index contributed by atoms with van der Waals surface area (Å²) in [5.74, 6) is -1.95. The van der Waals surface area contributed by atoms with Gasteiger partial charge in [0.15, 0.2) is 5.78 Å². The van der Waals surface area contributed by atoms with Crippen molar-refractivity contribution in [1.82, 2.24) is 4.90 Å². The highest BCUT2D eigenvalue weighted by Crippen LogP contribution is 2.30. The minimum absolute atomic E-state index is 0.0345. The number of Topliss-reactive ketones (excluding diaryl/α,β-unsaturated/α-hetero) is 1. The van der Waals surface area contributed by atoms with Crippen molar-refractivity contribution in [3.05, 3.63) is 41.2 Å². The van der Waals surface area contributed by atoms with Crippen molar-refractivity contribution in [2.24, 2.45) is 10.9 Å². The number of rotatable bonds is 6. The molecule has 0 aliphatic heterocycles. The molecule has 0 radical (unpaired) electrons. The number of alkyl halides is 3. The zero-order valence-electron chi connectivity index (χ0n) is 15.6. The van der Waals surface area contributed by atoms with E-state index in [1.54, 1.807) is 0 Å². The molecule has 1 amide bonds. The Morgan fingerprint density at radius 3 is 2.46 bits per heavy atom.